The number of aryl methyl sites for hydroxylation is 1. The summed E-state index contributed by atoms with van der Waals surface area (Å²) in [6.07, 6.45) is 0. The molecule has 2 aromatic carbocycles. The van der Waals surface area contributed by atoms with Gasteiger partial charge in [0, 0.05) is 30.3 Å². The van der Waals surface area contributed by atoms with E-state index in [0.29, 0.717) is 30.5 Å². The van der Waals surface area contributed by atoms with E-state index in [4.69, 9.17) is 21.1 Å². The van der Waals surface area contributed by atoms with E-state index >= 15 is 0 Å². The van der Waals surface area contributed by atoms with Gasteiger partial charge in [-0.3, -0.25) is 4.90 Å². The van der Waals surface area contributed by atoms with Crippen LogP contribution in [0.25, 0.3) is 0 Å². The average molecular weight is 404 g/mol. The highest BCUT2D eigenvalue weighted by Gasteiger charge is 2.23. The third-order valence-electron chi connectivity index (χ3n) is 4.87. The molecular weight excluding hydrogens is 378 g/mol. The molecule has 0 radical (unpaired) electrons. The molecule has 0 saturated carbocycles. The minimum absolute atomic E-state index is 0.0576. The maximum absolute atomic E-state index is 12.4. The number of amides is 2. The third-order valence-corrected chi connectivity index (χ3v) is 5.28. The minimum Gasteiger partial charge on any atom is -0.497 e. The maximum atomic E-state index is 12.4. The second-order valence-electron chi connectivity index (χ2n) is 6.74. The van der Waals surface area contributed by atoms with Gasteiger partial charge in [-0.2, -0.15) is 0 Å². The number of nitrogens with one attached hydrogen (secondary N) is 2. The number of carbonyl (C=O) groups excluding carboxylic acids is 1. The Labute approximate surface area is 170 Å². The monoisotopic (exact) mass is 403 g/mol. The fourth-order valence-corrected chi connectivity index (χ4v) is 3.39. The van der Waals surface area contributed by atoms with Crippen LogP contribution in [0.3, 0.4) is 0 Å². The topological polar surface area (TPSA) is 62.8 Å². The van der Waals surface area contributed by atoms with Gasteiger partial charge in [0.25, 0.3) is 0 Å². The number of anilines is 1. The minimum atomic E-state index is -0.258. The fraction of sp³-hybridized carbons (Fsp3) is 0.381. The van der Waals surface area contributed by atoms with Gasteiger partial charge in [-0.05, 0) is 42.3 Å². The lowest BCUT2D eigenvalue weighted by molar-refractivity contribution is 0.0167. The van der Waals surface area contributed by atoms with Crippen LogP contribution in [-0.2, 0) is 4.74 Å². The summed E-state index contributed by atoms with van der Waals surface area (Å²) in [7, 11) is 1.65. The Balaban J connectivity index is 1.66. The number of hydrogen-bond donors (Lipinski definition) is 2. The van der Waals surface area contributed by atoms with E-state index in [-0.39, 0.29) is 12.1 Å². The van der Waals surface area contributed by atoms with Gasteiger partial charge in [0.15, 0.2) is 0 Å². The van der Waals surface area contributed by atoms with Crippen molar-refractivity contribution in [3.63, 3.8) is 0 Å². The number of urea groups is 1. The van der Waals surface area contributed by atoms with Gasteiger partial charge in [0.2, 0.25) is 0 Å². The predicted molar refractivity (Wildman–Crippen MR) is 111 cm³/mol. The van der Waals surface area contributed by atoms with Crippen LogP contribution in [0, 0.1) is 6.92 Å². The zero-order valence-electron chi connectivity index (χ0n) is 16.2. The molecule has 1 heterocycles. The number of ether oxygens (including phenoxy) is 2. The van der Waals surface area contributed by atoms with Crippen molar-refractivity contribution in [3.05, 3.63) is 58.6 Å². The van der Waals surface area contributed by atoms with Gasteiger partial charge in [-0.15, -0.1) is 0 Å². The maximum Gasteiger partial charge on any atom is 0.319 e. The Morgan fingerprint density at radius 1 is 1.21 bits per heavy atom. The molecule has 3 rings (SSSR count). The first kappa shape index (κ1) is 20.5. The molecule has 1 atom stereocenters. The second kappa shape index (κ2) is 9.78. The van der Waals surface area contributed by atoms with Crippen molar-refractivity contribution in [1.29, 1.82) is 0 Å². The lowest BCUT2D eigenvalue weighted by Crippen LogP contribution is -2.44. The standard InChI is InChI=1S/C21H26ClN3O3/c1-15-3-6-17(13-19(15)22)24-21(26)23-14-20(25-9-11-28-12-10-25)16-4-7-18(27-2)8-5-16/h3-8,13,20H,9-12,14H2,1-2H3,(H2,23,24,26). The highest BCUT2D eigenvalue weighted by atomic mass is 35.5. The molecule has 0 bridgehead atoms. The van der Waals surface area contributed by atoms with Crippen LogP contribution in [0.5, 0.6) is 5.75 Å². The van der Waals surface area contributed by atoms with Crippen LogP contribution >= 0.6 is 11.6 Å². The molecule has 1 saturated heterocycles. The molecule has 1 aliphatic rings. The molecule has 1 unspecified atom stereocenters. The SMILES string of the molecule is COc1ccc(C(CNC(=O)Nc2ccc(C)c(Cl)c2)N2CCOCC2)cc1. The summed E-state index contributed by atoms with van der Waals surface area (Å²) in [6, 6.07) is 13.2. The number of benzene rings is 2. The van der Waals surface area contributed by atoms with Crippen LogP contribution in [0.4, 0.5) is 10.5 Å². The van der Waals surface area contributed by atoms with Crippen molar-refractivity contribution < 1.29 is 14.3 Å². The van der Waals surface area contributed by atoms with E-state index in [2.05, 4.69) is 15.5 Å². The molecule has 7 heteroatoms. The normalized spacial score (nSPS) is 15.7. The van der Waals surface area contributed by atoms with Crippen molar-refractivity contribution in [2.24, 2.45) is 0 Å². The Hall–Kier alpha value is -2.28. The summed E-state index contributed by atoms with van der Waals surface area (Å²) in [5, 5.41) is 6.45. The van der Waals surface area contributed by atoms with Crippen LogP contribution in [-0.4, -0.2) is 50.9 Å². The van der Waals surface area contributed by atoms with Crippen molar-refractivity contribution in [2.75, 3.05) is 45.3 Å². The molecule has 1 fully saturated rings. The number of halogens is 1. The van der Waals surface area contributed by atoms with E-state index in [1.54, 1.807) is 13.2 Å². The van der Waals surface area contributed by atoms with Gasteiger partial charge >= 0.3 is 6.03 Å². The first-order valence-corrected chi connectivity index (χ1v) is 9.71. The summed E-state index contributed by atoms with van der Waals surface area (Å²) in [6.45, 7) is 5.45. The molecule has 6 nitrogen and oxygen atoms in total. The molecule has 1 aliphatic heterocycles. The largest absolute Gasteiger partial charge is 0.497 e. The number of nitrogens with zero attached hydrogens (tertiary/aromatic N) is 1. The summed E-state index contributed by atoms with van der Waals surface area (Å²) in [4.78, 5) is 14.7. The number of rotatable bonds is 6. The molecule has 0 aliphatic carbocycles. The summed E-state index contributed by atoms with van der Waals surface area (Å²) in [5.74, 6) is 0.812. The number of methoxy groups -OCH3 is 1. The lowest BCUT2D eigenvalue weighted by Gasteiger charge is -2.35. The quantitative estimate of drug-likeness (QED) is 0.769. The van der Waals surface area contributed by atoms with Crippen molar-refractivity contribution >= 4 is 23.3 Å². The van der Waals surface area contributed by atoms with E-state index in [9.17, 15) is 4.79 Å². The molecule has 0 aromatic heterocycles. The van der Waals surface area contributed by atoms with Crippen LogP contribution in [0.15, 0.2) is 42.5 Å². The Bertz CT molecular complexity index is 792. The average Bonchev–Trinajstić information content (AvgIpc) is 2.72. The van der Waals surface area contributed by atoms with Crippen LogP contribution < -0.4 is 15.4 Å². The van der Waals surface area contributed by atoms with Gasteiger partial charge in [-0.1, -0.05) is 29.8 Å². The summed E-state index contributed by atoms with van der Waals surface area (Å²) in [5.41, 5.74) is 2.77. The van der Waals surface area contributed by atoms with Gasteiger partial charge in [0.1, 0.15) is 5.75 Å². The van der Waals surface area contributed by atoms with Crippen LogP contribution in [0.1, 0.15) is 17.2 Å². The van der Waals surface area contributed by atoms with E-state index in [0.717, 1.165) is 30.0 Å². The second-order valence-corrected chi connectivity index (χ2v) is 7.14. The van der Waals surface area contributed by atoms with Crippen molar-refractivity contribution in [1.82, 2.24) is 10.2 Å². The number of carbonyl (C=O) groups is 1. The van der Waals surface area contributed by atoms with E-state index in [1.165, 1.54) is 0 Å². The Morgan fingerprint density at radius 3 is 2.57 bits per heavy atom. The zero-order valence-corrected chi connectivity index (χ0v) is 17.0. The zero-order chi connectivity index (χ0) is 19.9. The summed E-state index contributed by atoms with van der Waals surface area (Å²) >= 11 is 6.13. The third kappa shape index (κ3) is 5.38. The van der Waals surface area contributed by atoms with Crippen LogP contribution in [0.2, 0.25) is 5.02 Å². The molecule has 150 valence electrons. The molecular formula is C21H26ClN3O3. The molecule has 2 aromatic rings. The van der Waals surface area contributed by atoms with E-state index < -0.39 is 0 Å². The van der Waals surface area contributed by atoms with Crippen molar-refractivity contribution in [3.8, 4) is 5.75 Å². The Kier molecular flexibility index (Phi) is 7.14. The van der Waals surface area contributed by atoms with E-state index in [1.807, 2.05) is 43.3 Å². The van der Waals surface area contributed by atoms with Gasteiger partial charge < -0.3 is 20.1 Å². The first-order chi connectivity index (χ1) is 13.6. The number of morpholine rings is 1. The molecule has 2 N–H and O–H groups in total. The van der Waals surface area contributed by atoms with Crippen molar-refractivity contribution in [2.45, 2.75) is 13.0 Å². The fourth-order valence-electron chi connectivity index (χ4n) is 3.21. The first-order valence-electron chi connectivity index (χ1n) is 9.33. The smallest absolute Gasteiger partial charge is 0.319 e. The molecule has 28 heavy (non-hydrogen) atoms. The van der Waals surface area contributed by atoms with Gasteiger partial charge in [0.05, 0.1) is 26.4 Å². The highest BCUT2D eigenvalue weighted by molar-refractivity contribution is 6.31. The predicted octanol–water partition coefficient (Wildman–Crippen LogP) is 3.85. The molecule has 2 amide bonds. The lowest BCUT2D eigenvalue weighted by atomic mass is 10.0. The summed E-state index contributed by atoms with van der Waals surface area (Å²) < 4.78 is 10.7. The highest BCUT2D eigenvalue weighted by Crippen LogP contribution is 2.24. The molecule has 0 spiro atoms. The Morgan fingerprint density at radius 2 is 1.93 bits per heavy atom. The number of hydrogen-bond acceptors (Lipinski definition) is 4. The van der Waals surface area contributed by atoms with Gasteiger partial charge in [-0.25, -0.2) is 4.79 Å².